The maximum atomic E-state index is 12.4. The lowest BCUT2D eigenvalue weighted by Gasteiger charge is -2.17. The molecule has 0 aromatic heterocycles. The van der Waals surface area contributed by atoms with E-state index in [9.17, 15) is 4.79 Å². The fourth-order valence-corrected chi connectivity index (χ4v) is 2.37. The summed E-state index contributed by atoms with van der Waals surface area (Å²) in [4.78, 5) is 12.4. The van der Waals surface area contributed by atoms with Gasteiger partial charge in [0, 0.05) is 23.4 Å². The van der Waals surface area contributed by atoms with E-state index in [4.69, 9.17) is 10.5 Å². The van der Waals surface area contributed by atoms with Gasteiger partial charge in [-0.2, -0.15) is 0 Å². The summed E-state index contributed by atoms with van der Waals surface area (Å²) in [6, 6.07) is 11.4. The van der Waals surface area contributed by atoms with Crippen LogP contribution in [-0.2, 0) is 6.54 Å². The number of hydrogen-bond donors (Lipinski definition) is 2. The summed E-state index contributed by atoms with van der Waals surface area (Å²) < 4.78 is 5.99. The van der Waals surface area contributed by atoms with Gasteiger partial charge < -0.3 is 15.8 Å². The lowest BCUT2D eigenvalue weighted by molar-refractivity contribution is 0.0950. The number of nitrogen functional groups attached to an aromatic ring is 1. The number of ether oxygens (including phenoxy) is 1. The van der Waals surface area contributed by atoms with E-state index < -0.39 is 0 Å². The monoisotopic (exact) mass is 362 g/mol. The molecule has 4 nitrogen and oxygen atoms in total. The summed E-state index contributed by atoms with van der Waals surface area (Å²) in [6.07, 6.45) is 1.07. The predicted molar refractivity (Wildman–Crippen MR) is 106 cm³/mol. The smallest absolute Gasteiger partial charge is 0.251 e. The Labute approximate surface area is 156 Å². The number of rotatable bonds is 6. The number of halogens is 1. The number of anilines is 1. The zero-order valence-electron chi connectivity index (χ0n) is 15.3. The Balaban J connectivity index is 0.00000312. The lowest BCUT2D eigenvalue weighted by Crippen LogP contribution is -2.24. The normalized spacial score (nSPS) is 11.4. The fourth-order valence-electron chi connectivity index (χ4n) is 2.37. The first-order chi connectivity index (χ1) is 11.4. The summed E-state index contributed by atoms with van der Waals surface area (Å²) in [5, 5.41) is 2.96. The molecule has 1 amide bonds. The van der Waals surface area contributed by atoms with Gasteiger partial charge in [0.1, 0.15) is 5.75 Å². The molecule has 2 aromatic rings. The van der Waals surface area contributed by atoms with Crippen LogP contribution in [0.3, 0.4) is 0 Å². The molecule has 2 rings (SSSR count). The summed E-state index contributed by atoms with van der Waals surface area (Å²) in [5.41, 5.74) is 9.98. The van der Waals surface area contributed by atoms with Gasteiger partial charge in [-0.25, -0.2) is 0 Å². The highest BCUT2D eigenvalue weighted by atomic mass is 35.5. The standard InChI is InChI=1S/C20H26N2O2.ClH/c1-5-15(4)24-19-10-13(2)6-8-16(19)12-22-20(23)18-11-17(21)9-7-14(18)3;/h6-11,15H,5,12,21H2,1-4H3,(H,22,23);1H. The maximum absolute atomic E-state index is 12.4. The summed E-state index contributed by atoms with van der Waals surface area (Å²) in [7, 11) is 0. The van der Waals surface area contributed by atoms with E-state index in [1.165, 1.54) is 0 Å². The molecular formula is C20H27ClN2O2. The number of nitrogens with one attached hydrogen (secondary N) is 1. The van der Waals surface area contributed by atoms with Gasteiger partial charge in [0.05, 0.1) is 6.10 Å². The number of carbonyl (C=O) groups is 1. The van der Waals surface area contributed by atoms with Crippen molar-refractivity contribution in [3.63, 3.8) is 0 Å². The van der Waals surface area contributed by atoms with Crippen molar-refractivity contribution in [2.75, 3.05) is 5.73 Å². The number of benzene rings is 2. The van der Waals surface area contributed by atoms with Gasteiger partial charge in [0.25, 0.3) is 5.91 Å². The molecule has 0 spiro atoms. The number of aryl methyl sites for hydroxylation is 2. The maximum Gasteiger partial charge on any atom is 0.251 e. The highest BCUT2D eigenvalue weighted by molar-refractivity contribution is 5.96. The number of nitrogens with two attached hydrogens (primary N) is 1. The highest BCUT2D eigenvalue weighted by Gasteiger charge is 2.12. The van der Waals surface area contributed by atoms with E-state index >= 15 is 0 Å². The van der Waals surface area contributed by atoms with Gasteiger partial charge in [-0.15, -0.1) is 12.4 Å². The average molecular weight is 363 g/mol. The molecule has 1 atom stereocenters. The molecule has 0 aliphatic carbocycles. The van der Waals surface area contributed by atoms with Crippen molar-refractivity contribution in [2.24, 2.45) is 0 Å². The molecule has 1 unspecified atom stereocenters. The van der Waals surface area contributed by atoms with E-state index in [2.05, 4.69) is 12.2 Å². The van der Waals surface area contributed by atoms with E-state index in [1.54, 1.807) is 12.1 Å². The van der Waals surface area contributed by atoms with Crippen LogP contribution < -0.4 is 15.8 Å². The molecule has 136 valence electrons. The highest BCUT2D eigenvalue weighted by Crippen LogP contribution is 2.22. The Bertz CT molecular complexity index is 732. The summed E-state index contributed by atoms with van der Waals surface area (Å²) in [5.74, 6) is 0.698. The van der Waals surface area contributed by atoms with Crippen molar-refractivity contribution in [2.45, 2.75) is 46.8 Å². The molecule has 25 heavy (non-hydrogen) atoms. The van der Waals surface area contributed by atoms with Crippen molar-refractivity contribution in [1.29, 1.82) is 0 Å². The molecule has 0 saturated heterocycles. The van der Waals surface area contributed by atoms with Crippen LogP contribution in [-0.4, -0.2) is 12.0 Å². The second-order valence-electron chi connectivity index (χ2n) is 6.20. The van der Waals surface area contributed by atoms with Crippen molar-refractivity contribution in [3.8, 4) is 5.75 Å². The first-order valence-corrected chi connectivity index (χ1v) is 8.31. The van der Waals surface area contributed by atoms with Crippen molar-refractivity contribution in [3.05, 3.63) is 58.7 Å². The quantitative estimate of drug-likeness (QED) is 0.748. The largest absolute Gasteiger partial charge is 0.490 e. The van der Waals surface area contributed by atoms with Gasteiger partial charge in [0.15, 0.2) is 0 Å². The first kappa shape index (κ1) is 20.8. The Kier molecular flexibility index (Phi) is 7.78. The average Bonchev–Trinajstić information content (AvgIpc) is 2.56. The zero-order chi connectivity index (χ0) is 17.7. The third-order valence-electron chi connectivity index (χ3n) is 4.07. The topological polar surface area (TPSA) is 64.3 Å². The van der Waals surface area contributed by atoms with Crippen LogP contribution in [0, 0.1) is 13.8 Å². The molecule has 0 bridgehead atoms. The molecule has 2 aromatic carbocycles. The molecule has 0 heterocycles. The molecule has 5 heteroatoms. The molecule has 0 aliphatic heterocycles. The van der Waals surface area contributed by atoms with Crippen LogP contribution in [0.5, 0.6) is 5.75 Å². The Morgan fingerprint density at radius 1 is 1.20 bits per heavy atom. The van der Waals surface area contributed by atoms with Crippen LogP contribution in [0.2, 0.25) is 0 Å². The van der Waals surface area contributed by atoms with Crippen LogP contribution in [0.4, 0.5) is 5.69 Å². The molecular weight excluding hydrogens is 336 g/mol. The van der Waals surface area contributed by atoms with Crippen molar-refractivity contribution < 1.29 is 9.53 Å². The lowest BCUT2D eigenvalue weighted by atomic mass is 10.1. The minimum Gasteiger partial charge on any atom is -0.490 e. The van der Waals surface area contributed by atoms with E-state index in [-0.39, 0.29) is 24.4 Å². The third kappa shape index (κ3) is 5.68. The SMILES string of the molecule is CCC(C)Oc1cc(C)ccc1CNC(=O)c1cc(N)ccc1C.Cl. The number of carbonyl (C=O) groups excluding carboxylic acids is 1. The minimum absolute atomic E-state index is 0. The van der Waals surface area contributed by atoms with Gasteiger partial charge in [0.2, 0.25) is 0 Å². The molecule has 3 N–H and O–H groups in total. The Morgan fingerprint density at radius 3 is 2.60 bits per heavy atom. The second kappa shape index (κ2) is 9.33. The molecule has 0 saturated carbocycles. The summed E-state index contributed by atoms with van der Waals surface area (Å²) in [6.45, 7) is 8.48. The van der Waals surface area contributed by atoms with Gasteiger partial charge >= 0.3 is 0 Å². The van der Waals surface area contributed by atoms with Gasteiger partial charge in [-0.05, 0) is 56.5 Å². The number of hydrogen-bond acceptors (Lipinski definition) is 3. The first-order valence-electron chi connectivity index (χ1n) is 8.31. The van der Waals surface area contributed by atoms with Crippen LogP contribution >= 0.6 is 12.4 Å². The molecule has 0 radical (unpaired) electrons. The minimum atomic E-state index is -0.130. The van der Waals surface area contributed by atoms with Crippen LogP contribution in [0.25, 0.3) is 0 Å². The fraction of sp³-hybridized carbons (Fsp3) is 0.350. The third-order valence-corrected chi connectivity index (χ3v) is 4.07. The predicted octanol–water partition coefficient (Wildman–Crippen LogP) is 4.41. The van der Waals surface area contributed by atoms with E-state index in [1.807, 2.05) is 45.0 Å². The van der Waals surface area contributed by atoms with E-state index in [0.717, 1.165) is 28.9 Å². The molecule has 0 fully saturated rings. The van der Waals surface area contributed by atoms with Gasteiger partial charge in [-0.1, -0.05) is 25.1 Å². The van der Waals surface area contributed by atoms with Crippen LogP contribution in [0.15, 0.2) is 36.4 Å². The van der Waals surface area contributed by atoms with Crippen LogP contribution in [0.1, 0.15) is 47.3 Å². The van der Waals surface area contributed by atoms with E-state index in [0.29, 0.717) is 17.8 Å². The van der Waals surface area contributed by atoms with Gasteiger partial charge in [-0.3, -0.25) is 4.79 Å². The zero-order valence-corrected chi connectivity index (χ0v) is 16.1. The van der Waals surface area contributed by atoms with Crippen molar-refractivity contribution >= 4 is 24.0 Å². The summed E-state index contributed by atoms with van der Waals surface area (Å²) >= 11 is 0. The van der Waals surface area contributed by atoms with Crippen molar-refractivity contribution in [1.82, 2.24) is 5.32 Å². The Morgan fingerprint density at radius 2 is 1.92 bits per heavy atom. The molecule has 0 aliphatic rings. The number of amides is 1. The second-order valence-corrected chi connectivity index (χ2v) is 6.20. The Hall–Kier alpha value is -2.20.